The van der Waals surface area contributed by atoms with Crippen LogP contribution in [0.5, 0.6) is 0 Å². The number of aliphatic hydroxyl groups is 10. The van der Waals surface area contributed by atoms with E-state index in [1.807, 2.05) is 62.3 Å². The number of aliphatic hydroxyl groups excluding tert-OH is 10. The number of ether oxygens (including phenoxy) is 9. The molecule has 27 atom stereocenters. The van der Waals surface area contributed by atoms with E-state index in [0.717, 1.165) is 30.1 Å². The second kappa shape index (κ2) is 26.5. The van der Waals surface area contributed by atoms with Crippen LogP contribution in [0.4, 0.5) is 0 Å². The van der Waals surface area contributed by atoms with Crippen LogP contribution in [-0.4, -0.2) is 216 Å². The first kappa shape index (κ1) is 70.3. The van der Waals surface area contributed by atoms with Gasteiger partial charge in [-0.1, -0.05) is 91.2 Å². The number of carbonyl (C=O) groups is 4. The maximum absolute atomic E-state index is 14.1. The van der Waals surface area contributed by atoms with Crippen molar-refractivity contribution < 1.29 is 118 Å². The van der Waals surface area contributed by atoms with Gasteiger partial charge in [-0.05, 0) is 113 Å². The lowest BCUT2D eigenvalue weighted by Gasteiger charge is -2.73. The standard InChI is InChI=1S/C64H100O24/c1-14-31(5)55(79)88-53-52(84-40(69)24-30(4)17-15-16-29(2)3)59(7,8)25-34-33-18-19-38-61(11)22-21-39(60(9,10)37(61)20-23-62(38,12)63(33,13)50(75)51(76)64(34,53)28-67)83-58-49(87-57-45(74)43(72)41(70)35(26-65)81-57)47(80-32(6)68)46(48(86-58)54(77)78)85-56-44(73)42(71)36(27-66)82-56/h16,18,24,31,34-39,41-53,56-58,65-67,70-76H,14-15,17,19-23,25-28H2,1-13H3,(H,77,78)/b30-24+/t31?,34-,35+,36-,37-,38+,39-,41+,42-,43-,44+,45+,46-,47-,48-,49+,50-,51+,52-,53-,56-,57-,58+,61-,62+,63-,64-/m0/s1. The summed E-state index contributed by atoms with van der Waals surface area (Å²) in [5.41, 5.74) is -3.11. The molecule has 0 bridgehead atoms. The van der Waals surface area contributed by atoms with Crippen molar-refractivity contribution in [3.63, 3.8) is 0 Å². The van der Waals surface area contributed by atoms with Crippen molar-refractivity contribution in [2.75, 3.05) is 19.8 Å². The van der Waals surface area contributed by atoms with Crippen molar-refractivity contribution in [3.8, 4) is 0 Å². The number of esters is 3. The van der Waals surface area contributed by atoms with Gasteiger partial charge in [-0.2, -0.15) is 0 Å². The normalized spacial score (nSPS) is 45.7. The highest BCUT2D eigenvalue weighted by Crippen LogP contribution is 2.76. The van der Waals surface area contributed by atoms with Gasteiger partial charge in [0.15, 0.2) is 43.3 Å². The van der Waals surface area contributed by atoms with Crippen LogP contribution in [0.25, 0.3) is 0 Å². The van der Waals surface area contributed by atoms with Gasteiger partial charge in [0.25, 0.3) is 0 Å². The number of carboxylic acids is 1. The highest BCUT2D eigenvalue weighted by atomic mass is 16.8. The van der Waals surface area contributed by atoms with E-state index < -0.39 is 205 Å². The molecular formula is C64H100O24. The Hall–Kier alpha value is -3.54. The molecule has 8 rings (SSSR count). The first-order valence-electron chi connectivity index (χ1n) is 31.4. The fraction of sp³-hybridized carbons (Fsp3) is 0.844. The van der Waals surface area contributed by atoms with Gasteiger partial charge in [0.1, 0.15) is 54.9 Å². The molecule has 1 unspecified atom stereocenters. The van der Waals surface area contributed by atoms with Crippen molar-refractivity contribution in [3.05, 3.63) is 34.9 Å². The molecule has 0 aromatic heterocycles. The first-order chi connectivity index (χ1) is 41.1. The minimum Gasteiger partial charge on any atom is -0.479 e. The molecule has 0 amide bonds. The SMILES string of the molecule is CCC(C)C(=O)O[C@H]1[C@H](OC(=O)/C=C(\C)CCC=C(C)C)C(C)(C)C[C@H]2C3=CC[C@@H]4[C@@]5(C)CC[C@H](O[C@@H]6O[C@H](C(=O)O)[C@@H](O[C@@H]7O[C@@H](CO)[C@H](O)[C@H]7O)[C@H](OC(C)=O)[C@H]6O[C@@H]6O[C@H](CO)[C@@H](O)[C@H](O)[C@H]6O)C(C)(C)[C@@H]5CC[C@@]4(C)[C@]3(C)[C@@H](O)[C@@H](O)[C@]21CO. The molecule has 0 aromatic rings. The molecule has 0 aromatic carbocycles. The molecule has 7 fully saturated rings. The average molecular weight is 1250 g/mol. The Morgan fingerprint density at radius 2 is 1.30 bits per heavy atom. The van der Waals surface area contributed by atoms with E-state index in [1.165, 1.54) is 6.08 Å². The Kier molecular flexibility index (Phi) is 21.1. The van der Waals surface area contributed by atoms with E-state index in [2.05, 4.69) is 26.0 Å². The summed E-state index contributed by atoms with van der Waals surface area (Å²) in [4.78, 5) is 54.5. The Morgan fingerprint density at radius 3 is 1.86 bits per heavy atom. The van der Waals surface area contributed by atoms with Gasteiger partial charge >= 0.3 is 23.9 Å². The molecule has 3 aliphatic heterocycles. The van der Waals surface area contributed by atoms with Gasteiger partial charge in [0.2, 0.25) is 0 Å². The van der Waals surface area contributed by atoms with Crippen LogP contribution in [-0.2, 0) is 61.8 Å². The third kappa shape index (κ3) is 12.1. The van der Waals surface area contributed by atoms with Crippen molar-refractivity contribution in [2.24, 2.45) is 56.2 Å². The molecule has 500 valence electrons. The number of hydrogen-bond donors (Lipinski definition) is 11. The van der Waals surface area contributed by atoms with E-state index in [0.29, 0.717) is 44.9 Å². The zero-order chi connectivity index (χ0) is 65.3. The topological polar surface area (TPSA) is 374 Å². The lowest BCUT2D eigenvalue weighted by Crippen LogP contribution is -2.76. The second-order valence-electron chi connectivity index (χ2n) is 28.8. The van der Waals surface area contributed by atoms with Gasteiger partial charge in [-0.3, -0.25) is 9.59 Å². The summed E-state index contributed by atoms with van der Waals surface area (Å²) in [5, 5.41) is 124. The number of fused-ring (bicyclic) bond motifs is 7. The van der Waals surface area contributed by atoms with Crippen LogP contribution in [0.3, 0.4) is 0 Å². The fourth-order valence-electron chi connectivity index (χ4n) is 17.3. The Balaban J connectivity index is 1.13. The third-order valence-electron chi connectivity index (χ3n) is 22.6. The lowest BCUT2D eigenvalue weighted by molar-refractivity contribution is -0.383. The van der Waals surface area contributed by atoms with Crippen molar-refractivity contribution >= 4 is 23.9 Å². The number of carboxylic acid groups (broad SMARTS) is 1. The molecule has 5 aliphatic carbocycles. The molecule has 24 heteroatoms. The smallest absolute Gasteiger partial charge is 0.335 e. The minimum atomic E-state index is -2.09. The molecule has 24 nitrogen and oxygen atoms in total. The summed E-state index contributed by atoms with van der Waals surface area (Å²) in [6.07, 6.45) is -22.0. The van der Waals surface area contributed by atoms with Crippen molar-refractivity contribution in [2.45, 2.75) is 264 Å². The summed E-state index contributed by atoms with van der Waals surface area (Å²) in [5.74, 6) is -5.50. The molecule has 0 radical (unpaired) electrons. The number of carbonyl (C=O) groups excluding carboxylic acids is 3. The maximum atomic E-state index is 14.1. The van der Waals surface area contributed by atoms with E-state index in [4.69, 9.17) is 42.6 Å². The molecule has 3 saturated heterocycles. The van der Waals surface area contributed by atoms with Crippen molar-refractivity contribution in [1.29, 1.82) is 0 Å². The summed E-state index contributed by atoms with van der Waals surface area (Å²) in [6.45, 7) is 22.3. The second-order valence-corrected chi connectivity index (χ2v) is 28.8. The van der Waals surface area contributed by atoms with E-state index in [-0.39, 0.29) is 18.3 Å². The van der Waals surface area contributed by atoms with Gasteiger partial charge < -0.3 is 98.8 Å². The molecule has 88 heavy (non-hydrogen) atoms. The molecule has 0 spiro atoms. The number of rotatable bonds is 19. The molecule has 3 heterocycles. The summed E-state index contributed by atoms with van der Waals surface area (Å²) >= 11 is 0. The quantitative estimate of drug-likeness (QED) is 0.0291. The van der Waals surface area contributed by atoms with Crippen LogP contribution >= 0.6 is 0 Å². The fourth-order valence-corrected chi connectivity index (χ4v) is 17.3. The van der Waals surface area contributed by atoms with Gasteiger partial charge in [0.05, 0.1) is 49.5 Å². The van der Waals surface area contributed by atoms with E-state index in [1.54, 1.807) is 6.92 Å². The van der Waals surface area contributed by atoms with Crippen LogP contribution in [0.2, 0.25) is 0 Å². The van der Waals surface area contributed by atoms with Crippen LogP contribution < -0.4 is 0 Å². The highest BCUT2D eigenvalue weighted by molar-refractivity contribution is 5.83. The molecule has 4 saturated carbocycles. The number of aliphatic carboxylic acids is 1. The molecular weight excluding hydrogens is 1150 g/mol. The van der Waals surface area contributed by atoms with Crippen molar-refractivity contribution in [1.82, 2.24) is 0 Å². The highest BCUT2D eigenvalue weighted by Gasteiger charge is 2.76. The molecule has 8 aliphatic rings. The number of hydrogen-bond acceptors (Lipinski definition) is 23. The number of allylic oxidation sites excluding steroid dienone is 4. The summed E-state index contributed by atoms with van der Waals surface area (Å²) < 4.78 is 55.5. The van der Waals surface area contributed by atoms with Gasteiger partial charge in [-0.15, -0.1) is 0 Å². The average Bonchev–Trinajstić information content (AvgIpc) is 0.817. The maximum Gasteiger partial charge on any atom is 0.335 e. The predicted molar refractivity (Wildman–Crippen MR) is 309 cm³/mol. The Morgan fingerprint density at radius 1 is 0.693 bits per heavy atom. The van der Waals surface area contributed by atoms with E-state index >= 15 is 0 Å². The Labute approximate surface area is 515 Å². The monoisotopic (exact) mass is 1250 g/mol. The van der Waals surface area contributed by atoms with Crippen LogP contribution in [0, 0.1) is 56.2 Å². The summed E-state index contributed by atoms with van der Waals surface area (Å²) in [6, 6.07) is 0. The Bertz CT molecular complexity index is 2620. The zero-order valence-corrected chi connectivity index (χ0v) is 53.2. The van der Waals surface area contributed by atoms with Crippen LogP contribution in [0.15, 0.2) is 34.9 Å². The zero-order valence-electron chi connectivity index (χ0n) is 53.2. The first-order valence-corrected chi connectivity index (χ1v) is 31.4. The van der Waals surface area contributed by atoms with E-state index in [9.17, 15) is 75.3 Å². The summed E-state index contributed by atoms with van der Waals surface area (Å²) in [7, 11) is 0. The van der Waals surface area contributed by atoms with Gasteiger partial charge in [-0.25, -0.2) is 9.59 Å². The van der Waals surface area contributed by atoms with Gasteiger partial charge in [0, 0.05) is 23.8 Å². The lowest BCUT2D eigenvalue weighted by atomic mass is 9.32. The van der Waals surface area contributed by atoms with Crippen LogP contribution in [0.1, 0.15) is 148 Å². The third-order valence-corrected chi connectivity index (χ3v) is 22.6. The minimum absolute atomic E-state index is 0.166. The predicted octanol–water partition coefficient (Wildman–Crippen LogP) is 2.64. The largest absolute Gasteiger partial charge is 0.479 e. The molecule has 11 N–H and O–H groups in total.